The van der Waals surface area contributed by atoms with Crippen LogP contribution < -0.4 is 0 Å². The molecule has 0 bridgehead atoms. The predicted octanol–water partition coefficient (Wildman–Crippen LogP) is 2.00. The van der Waals surface area contributed by atoms with Crippen LogP contribution in [0.4, 0.5) is 0 Å². The number of likely N-dealkylation sites (tertiary alicyclic amines) is 1. The lowest BCUT2D eigenvalue weighted by Crippen LogP contribution is -2.37. The van der Waals surface area contributed by atoms with Crippen LogP contribution in [-0.2, 0) is 9.53 Å². The van der Waals surface area contributed by atoms with Crippen LogP contribution in [-0.4, -0.2) is 47.7 Å². The van der Waals surface area contributed by atoms with Crippen LogP contribution in [0.15, 0.2) is 24.3 Å². The van der Waals surface area contributed by atoms with Crippen LogP contribution in [0.5, 0.6) is 0 Å². The van der Waals surface area contributed by atoms with Gasteiger partial charge in [-0.2, -0.15) is 0 Å². The van der Waals surface area contributed by atoms with Gasteiger partial charge < -0.3 is 14.7 Å². The first-order chi connectivity index (χ1) is 9.52. The smallest absolute Gasteiger partial charge is 0.305 e. The Morgan fingerprint density at radius 1 is 1.45 bits per heavy atom. The lowest BCUT2D eigenvalue weighted by atomic mass is 10.1. The average molecular weight is 389 g/mol. The van der Waals surface area contributed by atoms with Gasteiger partial charge in [0, 0.05) is 23.3 Å². The van der Waals surface area contributed by atoms with E-state index in [0.717, 1.165) is 3.57 Å². The molecule has 0 spiro atoms. The van der Waals surface area contributed by atoms with E-state index in [1.165, 1.54) is 0 Å². The fourth-order valence-corrected chi connectivity index (χ4v) is 3.10. The third-order valence-electron chi connectivity index (χ3n) is 3.48. The van der Waals surface area contributed by atoms with Crippen molar-refractivity contribution in [1.29, 1.82) is 0 Å². The van der Waals surface area contributed by atoms with Crippen LogP contribution in [0, 0.1) is 3.57 Å². The quantitative estimate of drug-likeness (QED) is 0.801. The second-order valence-electron chi connectivity index (χ2n) is 4.78. The summed E-state index contributed by atoms with van der Waals surface area (Å²) in [5, 5.41) is 8.98. The Hall–Kier alpha value is -1.15. The first-order valence-corrected chi connectivity index (χ1v) is 7.41. The topological polar surface area (TPSA) is 66.8 Å². The number of hydrogen-bond acceptors (Lipinski definition) is 3. The summed E-state index contributed by atoms with van der Waals surface area (Å²) in [5.74, 6) is -1.02. The molecule has 6 heteroatoms. The number of carboxylic acid groups (broad SMARTS) is 1. The van der Waals surface area contributed by atoms with Crippen LogP contribution in [0.3, 0.4) is 0 Å². The van der Waals surface area contributed by atoms with Crippen LogP contribution in [0.2, 0.25) is 0 Å². The van der Waals surface area contributed by atoms with Crippen LogP contribution in [0.25, 0.3) is 0 Å². The lowest BCUT2D eigenvalue weighted by molar-refractivity contribution is -0.137. The molecule has 1 amide bonds. The molecule has 20 heavy (non-hydrogen) atoms. The van der Waals surface area contributed by atoms with Gasteiger partial charge in [-0.25, -0.2) is 0 Å². The third-order valence-corrected chi connectivity index (χ3v) is 4.43. The number of ether oxygens (including phenoxy) is 1. The Morgan fingerprint density at radius 3 is 2.75 bits per heavy atom. The van der Waals surface area contributed by atoms with Gasteiger partial charge in [-0.15, -0.1) is 0 Å². The SMILES string of the molecule is COC1CC(CC(=O)O)N(C(=O)c2ccccc2I)C1. The van der Waals surface area contributed by atoms with Gasteiger partial charge >= 0.3 is 5.97 Å². The number of amides is 1. The Kier molecular flexibility index (Phi) is 4.98. The van der Waals surface area contributed by atoms with Crippen molar-refractivity contribution in [2.75, 3.05) is 13.7 Å². The molecule has 1 N–H and O–H groups in total. The zero-order valence-electron chi connectivity index (χ0n) is 11.1. The first-order valence-electron chi connectivity index (χ1n) is 6.33. The zero-order valence-corrected chi connectivity index (χ0v) is 13.2. The monoisotopic (exact) mass is 389 g/mol. The maximum atomic E-state index is 12.6. The third kappa shape index (κ3) is 3.29. The second kappa shape index (κ2) is 6.53. The van der Waals surface area contributed by atoms with Crippen LogP contribution in [0.1, 0.15) is 23.2 Å². The minimum absolute atomic E-state index is 0.0466. The standard InChI is InChI=1S/C14H16INO4/c1-20-10-6-9(7-13(17)18)16(8-10)14(19)11-4-2-3-5-12(11)15/h2-5,9-10H,6-8H2,1H3,(H,17,18). The molecule has 1 aromatic carbocycles. The number of carbonyl (C=O) groups excluding carboxylic acids is 1. The molecule has 0 radical (unpaired) electrons. The molecule has 1 fully saturated rings. The normalized spacial score (nSPS) is 22.0. The summed E-state index contributed by atoms with van der Waals surface area (Å²) in [6.45, 7) is 0.443. The fourth-order valence-electron chi connectivity index (χ4n) is 2.48. The van der Waals surface area contributed by atoms with E-state index in [4.69, 9.17) is 9.84 Å². The van der Waals surface area contributed by atoms with E-state index >= 15 is 0 Å². The van der Waals surface area contributed by atoms with Crippen molar-refractivity contribution < 1.29 is 19.4 Å². The molecular weight excluding hydrogens is 373 g/mol. The molecular formula is C14H16INO4. The fraction of sp³-hybridized carbons (Fsp3) is 0.429. The van der Waals surface area contributed by atoms with Gasteiger partial charge in [-0.1, -0.05) is 12.1 Å². The summed E-state index contributed by atoms with van der Waals surface area (Å²) in [7, 11) is 1.59. The van der Waals surface area contributed by atoms with E-state index in [-0.39, 0.29) is 24.5 Å². The highest BCUT2D eigenvalue weighted by Crippen LogP contribution is 2.26. The van der Waals surface area contributed by atoms with Gasteiger partial charge in [0.1, 0.15) is 0 Å². The largest absolute Gasteiger partial charge is 0.481 e. The van der Waals surface area contributed by atoms with Gasteiger partial charge in [-0.05, 0) is 41.1 Å². The molecule has 1 aromatic rings. The van der Waals surface area contributed by atoms with Gasteiger partial charge in [0.05, 0.1) is 18.1 Å². The zero-order chi connectivity index (χ0) is 14.7. The summed E-state index contributed by atoms with van der Waals surface area (Å²) in [4.78, 5) is 25.2. The predicted molar refractivity (Wildman–Crippen MR) is 81.7 cm³/mol. The number of rotatable bonds is 4. The van der Waals surface area contributed by atoms with Gasteiger partial charge in [0.2, 0.25) is 0 Å². The number of benzene rings is 1. The summed E-state index contributed by atoms with van der Waals surface area (Å²) >= 11 is 2.11. The molecule has 0 aliphatic carbocycles. The van der Waals surface area contributed by atoms with Crippen molar-refractivity contribution in [3.8, 4) is 0 Å². The molecule has 108 valence electrons. The molecule has 2 rings (SSSR count). The minimum Gasteiger partial charge on any atom is -0.481 e. The molecule has 1 saturated heterocycles. The lowest BCUT2D eigenvalue weighted by Gasteiger charge is -2.23. The Bertz CT molecular complexity index is 520. The van der Waals surface area contributed by atoms with E-state index in [0.29, 0.717) is 18.5 Å². The maximum Gasteiger partial charge on any atom is 0.305 e. The number of carbonyl (C=O) groups is 2. The molecule has 5 nitrogen and oxygen atoms in total. The second-order valence-corrected chi connectivity index (χ2v) is 5.94. The van der Waals surface area contributed by atoms with Crippen molar-refractivity contribution >= 4 is 34.5 Å². The highest BCUT2D eigenvalue weighted by molar-refractivity contribution is 14.1. The number of nitrogens with zero attached hydrogens (tertiary/aromatic N) is 1. The van der Waals surface area contributed by atoms with E-state index in [1.54, 1.807) is 18.1 Å². The van der Waals surface area contributed by atoms with E-state index in [2.05, 4.69) is 22.6 Å². The summed E-state index contributed by atoms with van der Waals surface area (Å²) in [6, 6.07) is 7.01. The van der Waals surface area contributed by atoms with Crippen molar-refractivity contribution in [2.45, 2.75) is 25.0 Å². The highest BCUT2D eigenvalue weighted by Gasteiger charge is 2.37. The van der Waals surface area contributed by atoms with E-state index in [1.807, 2.05) is 18.2 Å². The number of hydrogen-bond donors (Lipinski definition) is 1. The number of aliphatic carboxylic acids is 1. The number of carboxylic acids is 1. The van der Waals surface area contributed by atoms with Gasteiger partial charge in [0.25, 0.3) is 5.91 Å². The van der Waals surface area contributed by atoms with Crippen molar-refractivity contribution in [3.63, 3.8) is 0 Å². The summed E-state index contributed by atoms with van der Waals surface area (Å²) in [6.07, 6.45) is 0.428. The average Bonchev–Trinajstić information content (AvgIpc) is 2.81. The van der Waals surface area contributed by atoms with E-state index < -0.39 is 5.97 Å². The van der Waals surface area contributed by atoms with Crippen molar-refractivity contribution in [1.82, 2.24) is 4.90 Å². The van der Waals surface area contributed by atoms with Crippen molar-refractivity contribution in [2.24, 2.45) is 0 Å². The molecule has 1 aliphatic heterocycles. The van der Waals surface area contributed by atoms with E-state index in [9.17, 15) is 9.59 Å². The first kappa shape index (κ1) is 15.2. The molecule has 2 atom stereocenters. The van der Waals surface area contributed by atoms with Crippen LogP contribution >= 0.6 is 22.6 Å². The van der Waals surface area contributed by atoms with Gasteiger partial charge in [-0.3, -0.25) is 9.59 Å². The molecule has 0 saturated carbocycles. The van der Waals surface area contributed by atoms with Gasteiger partial charge in [0.15, 0.2) is 0 Å². The van der Waals surface area contributed by atoms with Crippen molar-refractivity contribution in [3.05, 3.63) is 33.4 Å². The summed E-state index contributed by atoms with van der Waals surface area (Å²) < 4.78 is 6.15. The number of methoxy groups -OCH3 is 1. The maximum absolute atomic E-state index is 12.6. The summed E-state index contributed by atoms with van der Waals surface area (Å²) in [5.41, 5.74) is 0.611. The molecule has 1 heterocycles. The highest BCUT2D eigenvalue weighted by atomic mass is 127. The Balaban J connectivity index is 2.22. The molecule has 2 unspecified atom stereocenters. The number of halogens is 1. The molecule has 1 aliphatic rings. The minimum atomic E-state index is -0.896. The Morgan fingerprint density at radius 2 is 2.15 bits per heavy atom. The Labute approximate surface area is 131 Å². The molecule has 0 aromatic heterocycles.